The van der Waals surface area contributed by atoms with Gasteiger partial charge in [-0.25, -0.2) is 9.78 Å². The van der Waals surface area contributed by atoms with Gasteiger partial charge in [0.25, 0.3) is 0 Å². The number of hydrogen-bond donors (Lipinski definition) is 2. The SMILES string of the molecule is COc1ccc([C@H]2CC[C@H](CN(C(=O)[C@H]3CC[C@H](OC(=O)NCCO)CC3)C3CCCC(c4coc(C5CC5)n4)C3)CC2)cc1C. The number of aliphatic hydroxyl groups excluding tert-OH is 1. The highest BCUT2D eigenvalue weighted by Crippen LogP contribution is 2.43. The Balaban J connectivity index is 1.10. The van der Waals surface area contributed by atoms with Crippen LogP contribution in [0.4, 0.5) is 4.79 Å². The Morgan fingerprint density at radius 2 is 1.74 bits per heavy atom. The molecule has 4 fully saturated rings. The zero-order valence-corrected chi connectivity index (χ0v) is 27.8. The Bertz CT molecular complexity index is 1310. The van der Waals surface area contributed by atoms with Crippen molar-refractivity contribution in [2.45, 2.75) is 127 Å². The summed E-state index contributed by atoms with van der Waals surface area (Å²) in [7, 11) is 1.73. The van der Waals surface area contributed by atoms with Gasteiger partial charge in [0.05, 0.1) is 19.4 Å². The molecule has 6 rings (SSSR count). The summed E-state index contributed by atoms with van der Waals surface area (Å²) in [6.07, 6.45) is 15.2. The van der Waals surface area contributed by atoms with E-state index >= 15 is 0 Å². The highest BCUT2D eigenvalue weighted by molar-refractivity contribution is 5.79. The lowest BCUT2D eigenvalue weighted by molar-refractivity contribution is -0.141. The van der Waals surface area contributed by atoms with Gasteiger partial charge in [0, 0.05) is 36.9 Å². The summed E-state index contributed by atoms with van der Waals surface area (Å²) in [4.78, 5) is 33.6. The molecule has 1 heterocycles. The zero-order valence-electron chi connectivity index (χ0n) is 27.8. The van der Waals surface area contributed by atoms with Crippen molar-refractivity contribution in [3.8, 4) is 5.75 Å². The van der Waals surface area contributed by atoms with E-state index in [0.29, 0.717) is 42.4 Å². The van der Waals surface area contributed by atoms with Gasteiger partial charge in [0.1, 0.15) is 18.1 Å². The minimum atomic E-state index is -0.489. The first kappa shape index (κ1) is 32.9. The number of alkyl carbamates (subject to hydrolysis) is 1. The smallest absolute Gasteiger partial charge is 0.407 e. The maximum absolute atomic E-state index is 14.4. The second-order valence-corrected chi connectivity index (χ2v) is 14.4. The van der Waals surface area contributed by atoms with Crippen LogP contribution in [-0.2, 0) is 9.53 Å². The van der Waals surface area contributed by atoms with E-state index in [-0.39, 0.29) is 31.2 Å². The van der Waals surface area contributed by atoms with Crippen molar-refractivity contribution in [1.29, 1.82) is 0 Å². The van der Waals surface area contributed by atoms with Crippen LogP contribution in [0.5, 0.6) is 5.75 Å². The summed E-state index contributed by atoms with van der Waals surface area (Å²) in [5, 5.41) is 11.5. The van der Waals surface area contributed by atoms with Gasteiger partial charge in [0.15, 0.2) is 5.89 Å². The fourth-order valence-electron chi connectivity index (χ4n) is 8.27. The van der Waals surface area contributed by atoms with Gasteiger partial charge in [-0.15, -0.1) is 0 Å². The van der Waals surface area contributed by atoms with E-state index in [2.05, 4.69) is 35.3 Å². The van der Waals surface area contributed by atoms with Crippen LogP contribution in [0, 0.1) is 18.8 Å². The molecule has 46 heavy (non-hydrogen) atoms. The molecule has 0 aliphatic heterocycles. The molecule has 2 aromatic rings. The van der Waals surface area contributed by atoms with Gasteiger partial charge >= 0.3 is 6.09 Å². The fourth-order valence-corrected chi connectivity index (χ4v) is 8.27. The number of amides is 2. The van der Waals surface area contributed by atoms with E-state index in [1.807, 2.05) is 6.26 Å². The number of hydrogen-bond acceptors (Lipinski definition) is 7. The van der Waals surface area contributed by atoms with Gasteiger partial charge in [-0.05, 0) is 119 Å². The first-order chi connectivity index (χ1) is 22.4. The molecule has 4 aliphatic rings. The predicted octanol–water partition coefficient (Wildman–Crippen LogP) is 6.98. The largest absolute Gasteiger partial charge is 0.496 e. The topological polar surface area (TPSA) is 114 Å². The number of carbonyl (C=O) groups is 2. The maximum atomic E-state index is 14.4. The molecule has 2 unspecified atom stereocenters. The number of oxazole rings is 1. The summed E-state index contributed by atoms with van der Waals surface area (Å²) in [6, 6.07) is 6.83. The van der Waals surface area contributed by atoms with Crippen molar-refractivity contribution in [3.63, 3.8) is 0 Å². The van der Waals surface area contributed by atoms with E-state index in [0.717, 1.165) is 88.1 Å². The van der Waals surface area contributed by atoms with Crippen LogP contribution in [0.25, 0.3) is 0 Å². The fraction of sp³-hybridized carbons (Fsp3) is 0.703. The van der Waals surface area contributed by atoms with Crippen LogP contribution in [0.3, 0.4) is 0 Å². The summed E-state index contributed by atoms with van der Waals surface area (Å²) >= 11 is 0. The average molecular weight is 636 g/mol. The number of aromatic nitrogens is 1. The third kappa shape index (κ3) is 8.07. The van der Waals surface area contributed by atoms with Crippen molar-refractivity contribution in [2.75, 3.05) is 26.8 Å². The normalized spacial score (nSPS) is 28.3. The maximum Gasteiger partial charge on any atom is 0.407 e. The van der Waals surface area contributed by atoms with Crippen molar-refractivity contribution in [1.82, 2.24) is 15.2 Å². The molecule has 1 aromatic carbocycles. The van der Waals surface area contributed by atoms with Crippen molar-refractivity contribution in [3.05, 3.63) is 47.2 Å². The molecule has 2 amide bonds. The summed E-state index contributed by atoms with van der Waals surface area (Å²) in [5.74, 6) is 4.00. The molecule has 252 valence electrons. The van der Waals surface area contributed by atoms with Crippen LogP contribution >= 0.6 is 0 Å². The van der Waals surface area contributed by atoms with E-state index in [1.165, 1.54) is 24.0 Å². The number of nitrogens with zero attached hydrogens (tertiary/aromatic N) is 2. The van der Waals surface area contributed by atoms with E-state index < -0.39 is 6.09 Å². The summed E-state index contributed by atoms with van der Waals surface area (Å²) < 4.78 is 16.9. The number of aliphatic hydroxyl groups is 1. The Hall–Kier alpha value is -3.07. The first-order valence-corrected chi connectivity index (χ1v) is 17.9. The molecular formula is C37H53N3O6. The van der Waals surface area contributed by atoms with E-state index in [1.54, 1.807) is 7.11 Å². The lowest BCUT2D eigenvalue weighted by Gasteiger charge is -2.42. The standard InChI is InChI=1S/C37H53N3O6/c1-24-20-29(14-17-34(24)44-2)26-8-6-25(7-9-26)22-40(36(42)28-12-15-32(16-13-28)46-37(43)38-18-19-41)31-5-3-4-30(21-31)33-23-45-35(39-33)27-10-11-27/h14,17,20,23,25-28,30-32,41H,3-13,15-16,18-19,21-22H2,1-2H3,(H,38,43)/t25-,26-,28-,30?,31?,32-. The van der Waals surface area contributed by atoms with E-state index in [4.69, 9.17) is 24.0 Å². The van der Waals surface area contributed by atoms with Crippen LogP contribution < -0.4 is 10.1 Å². The summed E-state index contributed by atoms with van der Waals surface area (Å²) in [6.45, 7) is 3.01. The lowest BCUT2D eigenvalue weighted by atomic mass is 9.77. The van der Waals surface area contributed by atoms with Crippen LogP contribution in [-0.4, -0.2) is 65.9 Å². The Labute approximate surface area is 273 Å². The molecule has 0 spiro atoms. The average Bonchev–Trinajstić information content (AvgIpc) is 3.82. The highest BCUT2D eigenvalue weighted by atomic mass is 16.6. The number of nitrogens with one attached hydrogen (secondary N) is 1. The minimum absolute atomic E-state index is 0.0344. The van der Waals surface area contributed by atoms with Gasteiger partial charge in [0.2, 0.25) is 5.91 Å². The second-order valence-electron chi connectivity index (χ2n) is 14.4. The number of rotatable bonds is 11. The van der Waals surface area contributed by atoms with Crippen LogP contribution in [0.1, 0.15) is 130 Å². The quantitative estimate of drug-likeness (QED) is 0.274. The molecule has 2 N–H and O–H groups in total. The molecule has 4 aliphatic carbocycles. The summed E-state index contributed by atoms with van der Waals surface area (Å²) in [5.41, 5.74) is 3.67. The molecule has 0 radical (unpaired) electrons. The van der Waals surface area contributed by atoms with Crippen molar-refractivity contribution < 1.29 is 28.6 Å². The zero-order chi connectivity index (χ0) is 32.0. The van der Waals surface area contributed by atoms with Crippen LogP contribution in [0.2, 0.25) is 0 Å². The number of benzene rings is 1. The Kier molecular flexibility index (Phi) is 10.9. The number of methoxy groups -OCH3 is 1. The van der Waals surface area contributed by atoms with E-state index in [9.17, 15) is 9.59 Å². The monoisotopic (exact) mass is 635 g/mol. The number of aryl methyl sites for hydroxylation is 1. The molecule has 9 heteroatoms. The number of ether oxygens (including phenoxy) is 2. The molecule has 4 saturated carbocycles. The number of carbonyl (C=O) groups excluding carboxylic acids is 2. The Morgan fingerprint density at radius 1 is 0.978 bits per heavy atom. The molecule has 0 bridgehead atoms. The molecule has 2 atom stereocenters. The van der Waals surface area contributed by atoms with Crippen molar-refractivity contribution in [2.24, 2.45) is 11.8 Å². The molecule has 1 aromatic heterocycles. The van der Waals surface area contributed by atoms with Crippen molar-refractivity contribution >= 4 is 12.0 Å². The minimum Gasteiger partial charge on any atom is -0.496 e. The van der Waals surface area contributed by atoms with Gasteiger partial charge in [-0.2, -0.15) is 0 Å². The van der Waals surface area contributed by atoms with Gasteiger partial charge < -0.3 is 29.2 Å². The predicted molar refractivity (Wildman–Crippen MR) is 175 cm³/mol. The van der Waals surface area contributed by atoms with Crippen LogP contribution in [0.15, 0.2) is 28.9 Å². The highest BCUT2D eigenvalue weighted by Gasteiger charge is 2.38. The third-order valence-electron chi connectivity index (χ3n) is 11.1. The lowest BCUT2D eigenvalue weighted by Crippen LogP contribution is -2.48. The molecule has 9 nitrogen and oxygen atoms in total. The second kappa shape index (κ2) is 15.2. The molecular weight excluding hydrogens is 582 g/mol. The van der Waals surface area contributed by atoms with Gasteiger partial charge in [-0.1, -0.05) is 18.6 Å². The Morgan fingerprint density at radius 3 is 2.43 bits per heavy atom. The molecule has 0 saturated heterocycles. The first-order valence-electron chi connectivity index (χ1n) is 17.9. The third-order valence-corrected chi connectivity index (χ3v) is 11.1. The van der Waals surface area contributed by atoms with Gasteiger partial charge in [-0.3, -0.25) is 4.79 Å².